The molecule has 4 heteroatoms. The predicted molar refractivity (Wildman–Crippen MR) is 68.7 cm³/mol. The van der Waals surface area contributed by atoms with Crippen LogP contribution in [0.3, 0.4) is 0 Å². The molecule has 0 bridgehead atoms. The Morgan fingerprint density at radius 2 is 2.06 bits per heavy atom. The first kappa shape index (κ1) is 12.2. The van der Waals surface area contributed by atoms with Crippen LogP contribution in [-0.2, 0) is 6.54 Å². The number of hydrogen-bond donors (Lipinski definition) is 0. The monoisotopic (exact) mass is 242 g/mol. The quantitative estimate of drug-likeness (QED) is 0.770. The summed E-state index contributed by atoms with van der Waals surface area (Å²) >= 11 is 0. The Balaban J connectivity index is 2.28. The lowest BCUT2D eigenvalue weighted by Gasteiger charge is -2.06. The third kappa shape index (κ3) is 2.53. The highest BCUT2D eigenvalue weighted by Crippen LogP contribution is 2.11. The standard InChI is InChI=1S/C14H14N2O2/c1-10-5-6-12(11(2)8-10)13(17)9-16-14(18)4-3-7-15-16/h3-8H,9H2,1-2H3. The molecule has 0 aliphatic heterocycles. The van der Waals surface area contributed by atoms with Gasteiger partial charge in [0.1, 0.15) is 6.54 Å². The van der Waals surface area contributed by atoms with Crippen LogP contribution in [-0.4, -0.2) is 15.6 Å². The van der Waals surface area contributed by atoms with E-state index in [0.29, 0.717) is 5.56 Å². The van der Waals surface area contributed by atoms with Crippen LogP contribution in [0.1, 0.15) is 21.5 Å². The molecule has 1 heterocycles. The summed E-state index contributed by atoms with van der Waals surface area (Å²) in [6.45, 7) is 3.84. The van der Waals surface area contributed by atoms with E-state index < -0.39 is 0 Å². The van der Waals surface area contributed by atoms with Crippen molar-refractivity contribution in [3.8, 4) is 0 Å². The van der Waals surface area contributed by atoms with E-state index in [9.17, 15) is 9.59 Å². The molecule has 0 unspecified atom stereocenters. The third-order valence-corrected chi connectivity index (χ3v) is 2.76. The molecular formula is C14H14N2O2. The minimum absolute atomic E-state index is 0.0242. The highest BCUT2D eigenvalue weighted by Gasteiger charge is 2.10. The fraction of sp³-hybridized carbons (Fsp3) is 0.214. The maximum Gasteiger partial charge on any atom is 0.267 e. The SMILES string of the molecule is Cc1ccc(C(=O)Cn2ncccc2=O)c(C)c1. The van der Waals surface area contributed by atoms with Gasteiger partial charge in [0, 0.05) is 17.8 Å². The first-order chi connectivity index (χ1) is 8.58. The Kier molecular flexibility index (Phi) is 3.37. The number of nitrogens with zero attached hydrogens (tertiary/aromatic N) is 2. The van der Waals surface area contributed by atoms with E-state index in [2.05, 4.69) is 5.10 Å². The summed E-state index contributed by atoms with van der Waals surface area (Å²) in [4.78, 5) is 23.6. The van der Waals surface area contributed by atoms with Crippen molar-refractivity contribution in [2.75, 3.05) is 0 Å². The highest BCUT2D eigenvalue weighted by atomic mass is 16.1. The van der Waals surface area contributed by atoms with Gasteiger partial charge in [0.2, 0.25) is 0 Å². The predicted octanol–water partition coefficient (Wildman–Crippen LogP) is 1.74. The molecule has 18 heavy (non-hydrogen) atoms. The van der Waals surface area contributed by atoms with Crippen LogP contribution in [0, 0.1) is 13.8 Å². The van der Waals surface area contributed by atoms with Gasteiger partial charge in [0.05, 0.1) is 0 Å². The van der Waals surface area contributed by atoms with Crippen LogP contribution >= 0.6 is 0 Å². The average molecular weight is 242 g/mol. The van der Waals surface area contributed by atoms with Gasteiger partial charge >= 0.3 is 0 Å². The van der Waals surface area contributed by atoms with Crippen molar-refractivity contribution in [2.24, 2.45) is 0 Å². The Morgan fingerprint density at radius 3 is 2.72 bits per heavy atom. The van der Waals surface area contributed by atoms with E-state index in [1.807, 2.05) is 26.0 Å². The molecule has 0 aliphatic rings. The summed E-state index contributed by atoms with van der Waals surface area (Å²) in [6, 6.07) is 8.58. The summed E-state index contributed by atoms with van der Waals surface area (Å²) in [6.07, 6.45) is 1.50. The van der Waals surface area contributed by atoms with Crippen molar-refractivity contribution < 1.29 is 4.79 Å². The second-order valence-electron chi connectivity index (χ2n) is 4.26. The first-order valence-corrected chi connectivity index (χ1v) is 5.70. The minimum Gasteiger partial charge on any atom is -0.292 e. The van der Waals surface area contributed by atoms with Crippen LogP contribution in [0.25, 0.3) is 0 Å². The zero-order valence-electron chi connectivity index (χ0n) is 10.4. The largest absolute Gasteiger partial charge is 0.292 e. The second kappa shape index (κ2) is 4.96. The molecule has 0 spiro atoms. The molecule has 0 N–H and O–H groups in total. The Morgan fingerprint density at radius 1 is 1.28 bits per heavy atom. The van der Waals surface area contributed by atoms with E-state index in [-0.39, 0.29) is 17.9 Å². The van der Waals surface area contributed by atoms with Gasteiger partial charge in [-0.05, 0) is 25.5 Å². The molecule has 0 aliphatic carbocycles. The van der Waals surface area contributed by atoms with Crippen LogP contribution in [0.15, 0.2) is 41.3 Å². The molecule has 0 saturated heterocycles. The minimum atomic E-state index is -0.268. The fourth-order valence-electron chi connectivity index (χ4n) is 1.85. The molecule has 0 radical (unpaired) electrons. The number of ketones is 1. The molecule has 0 amide bonds. The van der Waals surface area contributed by atoms with E-state index in [4.69, 9.17) is 0 Å². The van der Waals surface area contributed by atoms with E-state index in [1.54, 1.807) is 12.1 Å². The Bertz CT molecular complexity index is 644. The first-order valence-electron chi connectivity index (χ1n) is 5.70. The van der Waals surface area contributed by atoms with Crippen molar-refractivity contribution in [2.45, 2.75) is 20.4 Å². The molecule has 0 atom stereocenters. The normalized spacial score (nSPS) is 10.3. The van der Waals surface area contributed by atoms with Crippen molar-refractivity contribution in [1.29, 1.82) is 0 Å². The van der Waals surface area contributed by atoms with Crippen molar-refractivity contribution in [3.05, 3.63) is 63.6 Å². The number of carbonyl (C=O) groups excluding carboxylic acids is 1. The topological polar surface area (TPSA) is 52.0 Å². The van der Waals surface area contributed by atoms with Crippen LogP contribution in [0.2, 0.25) is 0 Å². The van der Waals surface area contributed by atoms with Crippen LogP contribution < -0.4 is 5.56 Å². The van der Waals surface area contributed by atoms with Gasteiger partial charge in [0.15, 0.2) is 5.78 Å². The molecule has 1 aromatic carbocycles. The number of rotatable bonds is 3. The van der Waals surface area contributed by atoms with Crippen LogP contribution in [0.5, 0.6) is 0 Å². The summed E-state index contributed by atoms with van der Waals surface area (Å²) < 4.78 is 1.17. The number of carbonyl (C=O) groups is 1. The van der Waals surface area contributed by atoms with E-state index in [0.717, 1.165) is 11.1 Å². The molecular weight excluding hydrogens is 228 g/mol. The lowest BCUT2D eigenvalue weighted by Crippen LogP contribution is -2.25. The molecule has 0 fully saturated rings. The lowest BCUT2D eigenvalue weighted by atomic mass is 10.0. The molecule has 1 aromatic heterocycles. The highest BCUT2D eigenvalue weighted by molar-refractivity contribution is 5.97. The van der Waals surface area contributed by atoms with Crippen LogP contribution in [0.4, 0.5) is 0 Å². The molecule has 2 aromatic rings. The van der Waals surface area contributed by atoms with Gasteiger partial charge in [-0.1, -0.05) is 23.8 Å². The number of aromatic nitrogens is 2. The molecule has 4 nitrogen and oxygen atoms in total. The second-order valence-corrected chi connectivity index (χ2v) is 4.26. The smallest absolute Gasteiger partial charge is 0.267 e. The molecule has 92 valence electrons. The summed E-state index contributed by atoms with van der Waals surface area (Å²) in [5.74, 6) is -0.103. The summed E-state index contributed by atoms with van der Waals surface area (Å²) in [5.41, 5.74) is 2.40. The number of Topliss-reactive ketones (excluding diaryl/α,β-unsaturated/α-hetero) is 1. The van der Waals surface area contributed by atoms with Crippen molar-refractivity contribution in [1.82, 2.24) is 9.78 Å². The zero-order valence-corrected chi connectivity index (χ0v) is 10.4. The Labute approximate surface area is 105 Å². The van der Waals surface area contributed by atoms with Gasteiger partial charge in [-0.15, -0.1) is 0 Å². The number of hydrogen-bond acceptors (Lipinski definition) is 3. The van der Waals surface area contributed by atoms with Gasteiger partial charge in [-0.3, -0.25) is 9.59 Å². The number of aryl methyl sites for hydroxylation is 2. The summed E-state index contributed by atoms with van der Waals surface area (Å²) in [5, 5.41) is 3.87. The fourth-order valence-corrected chi connectivity index (χ4v) is 1.85. The summed E-state index contributed by atoms with van der Waals surface area (Å²) in [7, 11) is 0. The lowest BCUT2D eigenvalue weighted by molar-refractivity contribution is 0.0965. The average Bonchev–Trinajstić information content (AvgIpc) is 2.32. The Hall–Kier alpha value is -2.23. The zero-order chi connectivity index (χ0) is 13.1. The van der Waals surface area contributed by atoms with Gasteiger partial charge in [-0.25, -0.2) is 4.68 Å². The van der Waals surface area contributed by atoms with E-state index in [1.165, 1.54) is 16.9 Å². The van der Waals surface area contributed by atoms with Gasteiger partial charge in [0.25, 0.3) is 5.56 Å². The maximum absolute atomic E-state index is 12.1. The molecule has 0 saturated carbocycles. The molecule has 2 rings (SSSR count). The van der Waals surface area contributed by atoms with Gasteiger partial charge in [-0.2, -0.15) is 5.10 Å². The maximum atomic E-state index is 12.1. The number of benzene rings is 1. The third-order valence-electron chi connectivity index (χ3n) is 2.76. The van der Waals surface area contributed by atoms with Crippen molar-refractivity contribution >= 4 is 5.78 Å². The van der Waals surface area contributed by atoms with Crippen molar-refractivity contribution in [3.63, 3.8) is 0 Å². The van der Waals surface area contributed by atoms with E-state index >= 15 is 0 Å². The van der Waals surface area contributed by atoms with Gasteiger partial charge < -0.3 is 0 Å².